The summed E-state index contributed by atoms with van der Waals surface area (Å²) in [5.74, 6) is 0. The molecule has 1 saturated carbocycles. The lowest BCUT2D eigenvalue weighted by Crippen LogP contribution is -2.47. The third-order valence-corrected chi connectivity index (χ3v) is 4.64. The Bertz CT molecular complexity index is 271. The van der Waals surface area contributed by atoms with E-state index < -0.39 is 5.60 Å². The van der Waals surface area contributed by atoms with E-state index in [0.717, 1.165) is 58.7 Å². The molecule has 0 aromatic carbocycles. The highest BCUT2D eigenvalue weighted by atomic mass is 16.5. The Morgan fingerprint density at radius 2 is 1.95 bits per heavy atom. The van der Waals surface area contributed by atoms with Crippen molar-refractivity contribution in [3.8, 4) is 0 Å². The molecule has 2 rings (SSSR count). The number of hydrogen-bond acceptors (Lipinski definition) is 4. The maximum Gasteiger partial charge on any atom is 0.0774 e. The largest absolute Gasteiger partial charge is 0.389 e. The molecule has 1 unspecified atom stereocenters. The van der Waals surface area contributed by atoms with Gasteiger partial charge in [0.2, 0.25) is 0 Å². The first-order valence-corrected chi connectivity index (χ1v) is 7.77. The lowest BCUT2D eigenvalue weighted by Gasteiger charge is -2.36. The first-order chi connectivity index (χ1) is 9.08. The van der Waals surface area contributed by atoms with Crippen molar-refractivity contribution in [1.82, 2.24) is 10.2 Å². The average molecular weight is 270 g/mol. The van der Waals surface area contributed by atoms with Crippen LogP contribution >= 0.6 is 0 Å². The zero-order valence-corrected chi connectivity index (χ0v) is 12.6. The second-order valence-electron chi connectivity index (χ2n) is 6.69. The van der Waals surface area contributed by atoms with Crippen molar-refractivity contribution in [2.45, 2.75) is 44.6 Å². The van der Waals surface area contributed by atoms with Gasteiger partial charge in [-0.1, -0.05) is 19.8 Å². The predicted octanol–water partition coefficient (Wildman–Crippen LogP) is 1.24. The third kappa shape index (κ3) is 4.15. The molecule has 0 amide bonds. The fraction of sp³-hybridized carbons (Fsp3) is 1.00. The van der Waals surface area contributed by atoms with Crippen molar-refractivity contribution in [2.75, 3.05) is 46.4 Å². The molecule has 2 aliphatic rings. The van der Waals surface area contributed by atoms with Crippen molar-refractivity contribution >= 4 is 0 Å². The normalized spacial score (nSPS) is 30.3. The quantitative estimate of drug-likeness (QED) is 0.730. The molecule has 1 atom stereocenters. The van der Waals surface area contributed by atoms with Crippen LogP contribution in [0.1, 0.15) is 39.0 Å². The van der Waals surface area contributed by atoms with Crippen LogP contribution in [0.3, 0.4) is 0 Å². The molecule has 4 nitrogen and oxygen atoms in total. The van der Waals surface area contributed by atoms with E-state index in [0.29, 0.717) is 0 Å². The summed E-state index contributed by atoms with van der Waals surface area (Å²) in [5, 5.41) is 14.0. The van der Waals surface area contributed by atoms with Crippen LogP contribution in [-0.2, 0) is 4.74 Å². The molecular formula is C15H30N2O2. The molecular weight excluding hydrogens is 240 g/mol. The lowest BCUT2D eigenvalue weighted by molar-refractivity contribution is 0.00392. The maximum atomic E-state index is 10.5. The monoisotopic (exact) mass is 270 g/mol. The Balaban J connectivity index is 1.86. The molecule has 2 fully saturated rings. The fourth-order valence-electron chi connectivity index (χ4n) is 3.68. The van der Waals surface area contributed by atoms with E-state index in [1.54, 1.807) is 0 Å². The first-order valence-electron chi connectivity index (χ1n) is 7.77. The van der Waals surface area contributed by atoms with Crippen LogP contribution in [0, 0.1) is 5.41 Å². The van der Waals surface area contributed by atoms with Crippen molar-refractivity contribution in [3.05, 3.63) is 0 Å². The van der Waals surface area contributed by atoms with Crippen LogP contribution in [0.4, 0.5) is 0 Å². The van der Waals surface area contributed by atoms with Gasteiger partial charge in [-0.25, -0.2) is 0 Å². The minimum atomic E-state index is -0.437. The molecule has 1 heterocycles. The van der Waals surface area contributed by atoms with Gasteiger partial charge < -0.3 is 20.1 Å². The smallest absolute Gasteiger partial charge is 0.0774 e. The Morgan fingerprint density at radius 3 is 2.53 bits per heavy atom. The van der Waals surface area contributed by atoms with Gasteiger partial charge in [-0.2, -0.15) is 0 Å². The number of nitrogens with zero attached hydrogens (tertiary/aromatic N) is 1. The number of hydrogen-bond donors (Lipinski definition) is 2. The van der Waals surface area contributed by atoms with Gasteiger partial charge in [0, 0.05) is 31.7 Å². The van der Waals surface area contributed by atoms with Gasteiger partial charge in [-0.05, 0) is 32.9 Å². The molecule has 1 aliphatic carbocycles. The minimum absolute atomic E-state index is 0.236. The lowest BCUT2D eigenvalue weighted by atomic mass is 9.86. The maximum absolute atomic E-state index is 10.5. The zero-order valence-electron chi connectivity index (χ0n) is 12.6. The summed E-state index contributed by atoms with van der Waals surface area (Å²) in [5.41, 5.74) is -0.201. The van der Waals surface area contributed by atoms with Crippen LogP contribution in [-0.4, -0.2) is 62.0 Å². The number of rotatable bonds is 7. The predicted molar refractivity (Wildman–Crippen MR) is 77.3 cm³/mol. The van der Waals surface area contributed by atoms with Crippen LogP contribution < -0.4 is 5.32 Å². The van der Waals surface area contributed by atoms with Crippen molar-refractivity contribution in [3.63, 3.8) is 0 Å². The highest BCUT2D eigenvalue weighted by Crippen LogP contribution is 2.33. The minimum Gasteiger partial charge on any atom is -0.389 e. The molecule has 112 valence electrons. The van der Waals surface area contributed by atoms with Gasteiger partial charge in [-0.3, -0.25) is 0 Å². The van der Waals surface area contributed by atoms with E-state index >= 15 is 0 Å². The zero-order chi connectivity index (χ0) is 13.8. The van der Waals surface area contributed by atoms with E-state index in [1.165, 1.54) is 12.8 Å². The first kappa shape index (κ1) is 15.2. The van der Waals surface area contributed by atoms with Gasteiger partial charge in [0.1, 0.15) is 0 Å². The van der Waals surface area contributed by atoms with Crippen LogP contribution in [0.2, 0.25) is 0 Å². The second-order valence-corrected chi connectivity index (χ2v) is 6.69. The Morgan fingerprint density at radius 1 is 1.21 bits per heavy atom. The van der Waals surface area contributed by atoms with Crippen molar-refractivity contribution in [2.24, 2.45) is 5.41 Å². The summed E-state index contributed by atoms with van der Waals surface area (Å²) in [6.45, 7) is 7.73. The number of ether oxygens (including phenoxy) is 1. The van der Waals surface area contributed by atoms with E-state index in [1.807, 2.05) is 0 Å². The van der Waals surface area contributed by atoms with Crippen molar-refractivity contribution in [1.29, 1.82) is 0 Å². The fourth-order valence-corrected chi connectivity index (χ4v) is 3.68. The molecule has 0 bridgehead atoms. The summed E-state index contributed by atoms with van der Waals surface area (Å²) in [7, 11) is 2.14. The average Bonchev–Trinajstić information content (AvgIpc) is 2.97. The molecule has 1 saturated heterocycles. The Labute approximate surface area is 117 Å². The highest BCUT2D eigenvalue weighted by molar-refractivity contribution is 4.91. The Hall–Kier alpha value is -0.160. The number of likely N-dealkylation sites (N-methyl/N-ethyl adjacent to an activating group) is 1. The molecule has 0 aromatic rings. The highest BCUT2D eigenvalue weighted by Gasteiger charge is 2.38. The molecule has 0 aromatic heterocycles. The van der Waals surface area contributed by atoms with E-state index in [9.17, 15) is 5.11 Å². The van der Waals surface area contributed by atoms with Gasteiger partial charge in [0.05, 0.1) is 12.2 Å². The van der Waals surface area contributed by atoms with Crippen molar-refractivity contribution < 1.29 is 9.84 Å². The molecule has 4 heteroatoms. The van der Waals surface area contributed by atoms with Gasteiger partial charge in [0.15, 0.2) is 0 Å². The summed E-state index contributed by atoms with van der Waals surface area (Å²) < 4.78 is 5.62. The standard InChI is InChI=1S/C15H30N2O2/c1-3-16-10-14(8-9-19-13-14)11-17(2)12-15(18)6-4-5-7-15/h16,18H,3-13H2,1-2H3. The van der Waals surface area contributed by atoms with E-state index in [4.69, 9.17) is 4.74 Å². The topological polar surface area (TPSA) is 44.7 Å². The molecule has 0 spiro atoms. The summed E-state index contributed by atoms with van der Waals surface area (Å²) in [6, 6.07) is 0. The Kier molecular flexibility index (Phi) is 5.23. The van der Waals surface area contributed by atoms with E-state index in [-0.39, 0.29) is 5.41 Å². The SMILES string of the molecule is CCNCC1(CN(C)CC2(O)CCCC2)CCOC1. The summed E-state index contributed by atoms with van der Waals surface area (Å²) >= 11 is 0. The third-order valence-electron chi connectivity index (χ3n) is 4.64. The summed E-state index contributed by atoms with van der Waals surface area (Å²) in [6.07, 6.45) is 5.41. The molecule has 1 aliphatic heterocycles. The molecule has 0 radical (unpaired) electrons. The molecule has 2 N–H and O–H groups in total. The second kappa shape index (κ2) is 6.53. The van der Waals surface area contributed by atoms with Crippen LogP contribution in [0.15, 0.2) is 0 Å². The van der Waals surface area contributed by atoms with Crippen LogP contribution in [0.25, 0.3) is 0 Å². The van der Waals surface area contributed by atoms with E-state index in [2.05, 4.69) is 24.2 Å². The number of nitrogens with one attached hydrogen (secondary N) is 1. The van der Waals surface area contributed by atoms with Gasteiger partial charge >= 0.3 is 0 Å². The van der Waals surface area contributed by atoms with Gasteiger partial charge in [0.25, 0.3) is 0 Å². The molecule has 19 heavy (non-hydrogen) atoms. The van der Waals surface area contributed by atoms with Crippen LogP contribution in [0.5, 0.6) is 0 Å². The number of aliphatic hydroxyl groups is 1. The summed E-state index contributed by atoms with van der Waals surface area (Å²) in [4.78, 5) is 2.32. The van der Waals surface area contributed by atoms with Gasteiger partial charge in [-0.15, -0.1) is 0 Å².